The quantitative estimate of drug-likeness (QED) is 0.0334. The van der Waals surface area contributed by atoms with Gasteiger partial charge in [-0.05, 0) is 98.5 Å². The Kier molecular flexibility index (Phi) is 22.7. The van der Waals surface area contributed by atoms with Crippen molar-refractivity contribution in [3.63, 3.8) is 0 Å². The van der Waals surface area contributed by atoms with Crippen LogP contribution in [0.25, 0.3) is 0 Å². The van der Waals surface area contributed by atoms with Crippen LogP contribution in [0, 0.1) is 0 Å². The lowest BCUT2D eigenvalue weighted by Crippen LogP contribution is -2.19. The van der Waals surface area contributed by atoms with Crippen LogP contribution in [0.15, 0.2) is 170 Å². The summed E-state index contributed by atoms with van der Waals surface area (Å²) in [5, 5.41) is 0. The van der Waals surface area contributed by atoms with Gasteiger partial charge in [0.25, 0.3) is 0 Å². The van der Waals surface area contributed by atoms with E-state index in [2.05, 4.69) is 0 Å². The molecule has 0 amide bonds. The number of esters is 4. The van der Waals surface area contributed by atoms with Gasteiger partial charge in [0.15, 0.2) is 26.4 Å². The van der Waals surface area contributed by atoms with E-state index in [1.165, 1.54) is 0 Å². The molecule has 0 saturated heterocycles. The lowest BCUT2D eigenvalue weighted by molar-refractivity contribution is -0.146. The molecule has 0 N–H and O–H groups in total. The van der Waals surface area contributed by atoms with Gasteiger partial charge in [0.05, 0.1) is 26.4 Å². The molecule has 8 aromatic rings. The number of rotatable bonds is 28. The SMILES string of the molecule is CCOC(=O)COc1c2cc(OCc3ccccc3)cc1Cc1cc(OCc3ccccc3)cc(c1OCC(=O)OCC)Cc1cc(OCc3ccccc3)cc(c1OCC(=O)OCC)Cc1cc(OCc3ccccc3)cc(c1OCC(=O)OCC)C2. The van der Waals surface area contributed by atoms with Gasteiger partial charge in [-0.3, -0.25) is 0 Å². The summed E-state index contributed by atoms with van der Waals surface area (Å²) in [7, 11) is 0. The van der Waals surface area contributed by atoms with Crippen molar-refractivity contribution in [1.29, 1.82) is 0 Å². The molecule has 0 fully saturated rings. The molecule has 1 aliphatic rings. The summed E-state index contributed by atoms with van der Waals surface area (Å²) < 4.78 is 75.3. The zero-order valence-corrected chi connectivity index (χ0v) is 50.0. The summed E-state index contributed by atoms with van der Waals surface area (Å²) in [5.74, 6) is 0.666. The van der Waals surface area contributed by atoms with Gasteiger partial charge in [-0.25, -0.2) is 19.2 Å². The smallest absolute Gasteiger partial charge is 0.344 e. The van der Waals surface area contributed by atoms with Crippen molar-refractivity contribution in [3.8, 4) is 46.0 Å². The fraction of sp³-hybridized carbons (Fsp3) is 0.278. The minimum absolute atomic E-state index is 0.0385. The first-order valence-corrected chi connectivity index (χ1v) is 29.5. The first-order valence-electron chi connectivity index (χ1n) is 29.5. The van der Waals surface area contributed by atoms with Gasteiger partial charge in [0, 0.05) is 70.2 Å². The molecule has 456 valence electrons. The highest BCUT2D eigenvalue weighted by molar-refractivity contribution is 5.73. The number of ether oxygens (including phenoxy) is 12. The van der Waals surface area contributed by atoms with Gasteiger partial charge in [-0.15, -0.1) is 0 Å². The Morgan fingerprint density at radius 3 is 0.625 bits per heavy atom. The van der Waals surface area contributed by atoms with E-state index in [1.54, 1.807) is 27.7 Å². The topological polar surface area (TPSA) is 179 Å². The minimum atomic E-state index is -0.603. The summed E-state index contributed by atoms with van der Waals surface area (Å²) >= 11 is 0. The largest absolute Gasteiger partial charge is 0.489 e. The monoisotopic (exact) mass is 1190 g/mol. The Morgan fingerprint density at radius 2 is 0.455 bits per heavy atom. The van der Waals surface area contributed by atoms with Crippen molar-refractivity contribution in [2.75, 3.05) is 52.9 Å². The summed E-state index contributed by atoms with van der Waals surface area (Å²) in [6.45, 7) is 6.25. The fourth-order valence-corrected chi connectivity index (χ4v) is 10.1. The Balaban J connectivity index is 1.35. The average molecular weight is 1190 g/mol. The highest BCUT2D eigenvalue weighted by Gasteiger charge is 2.27. The van der Waals surface area contributed by atoms with Crippen molar-refractivity contribution < 1.29 is 76.0 Å². The Bertz CT molecular complexity index is 3040. The maximum Gasteiger partial charge on any atom is 0.344 e. The van der Waals surface area contributed by atoms with E-state index < -0.39 is 50.3 Å². The number of hydrogen-bond acceptors (Lipinski definition) is 16. The van der Waals surface area contributed by atoms with Crippen LogP contribution in [0.2, 0.25) is 0 Å². The second-order valence-corrected chi connectivity index (χ2v) is 20.5. The number of hydrogen-bond donors (Lipinski definition) is 0. The summed E-state index contributed by atoms with van der Waals surface area (Å²) in [6.07, 6.45) is 0.154. The lowest BCUT2D eigenvalue weighted by atomic mass is 9.90. The predicted octanol–water partition coefficient (Wildman–Crippen LogP) is 12.4. The average Bonchev–Trinajstić information content (AvgIpc) is 1.83. The molecule has 0 aliphatic heterocycles. The van der Waals surface area contributed by atoms with E-state index in [4.69, 9.17) is 56.8 Å². The van der Waals surface area contributed by atoms with Crippen LogP contribution in [0.1, 0.15) is 94.5 Å². The molecular formula is C72H72O16. The molecule has 0 aromatic heterocycles. The van der Waals surface area contributed by atoms with E-state index in [0.29, 0.717) is 90.5 Å². The van der Waals surface area contributed by atoms with Crippen LogP contribution in [0.3, 0.4) is 0 Å². The standard InChI is InChI=1S/C72H72O16/c1-5-77-65(73)45-85-69-53-29-55-35-62(82-42-50-23-15-10-16-24-50)37-57(70(55)86-46-66(74)78-6-2)31-59-39-64(84-44-52-27-19-12-20-28-52)40-60(72(59)88-48-68(76)80-8-4)32-58-38-63(83-43-51-25-17-11-18-26-51)36-56(71(58)87-47-67(75)79-7-3)30-54(69)34-61(33-53)81-41-49-21-13-9-14-22-49/h9-28,33-40H,5-8,29-32,41-48H2,1-4H3. The molecule has 8 bridgehead atoms. The second kappa shape index (κ2) is 32.0. The third-order valence-electron chi connectivity index (χ3n) is 13.9. The van der Waals surface area contributed by atoms with Crippen molar-refractivity contribution in [2.24, 2.45) is 0 Å². The molecule has 9 rings (SSSR count). The first-order chi connectivity index (χ1) is 43.0. The molecule has 16 heteroatoms. The molecule has 0 unspecified atom stereocenters. The molecule has 16 nitrogen and oxygen atoms in total. The summed E-state index contributed by atoms with van der Waals surface area (Å²) in [6, 6.07) is 53.8. The minimum Gasteiger partial charge on any atom is -0.489 e. The van der Waals surface area contributed by atoms with Gasteiger partial charge in [0.1, 0.15) is 72.4 Å². The Hall–Kier alpha value is -9.96. The molecule has 0 spiro atoms. The van der Waals surface area contributed by atoms with Crippen LogP contribution in [0.5, 0.6) is 46.0 Å². The van der Waals surface area contributed by atoms with Gasteiger partial charge in [-0.2, -0.15) is 0 Å². The van der Waals surface area contributed by atoms with E-state index in [-0.39, 0.29) is 78.5 Å². The van der Waals surface area contributed by atoms with Crippen molar-refractivity contribution >= 4 is 23.9 Å². The highest BCUT2D eigenvalue weighted by atomic mass is 16.6. The maximum atomic E-state index is 13.5. The Labute approximate surface area is 513 Å². The van der Waals surface area contributed by atoms with Crippen molar-refractivity contribution in [3.05, 3.63) is 237 Å². The normalized spacial score (nSPS) is 11.5. The van der Waals surface area contributed by atoms with E-state index >= 15 is 0 Å². The van der Waals surface area contributed by atoms with Gasteiger partial charge in [-0.1, -0.05) is 121 Å². The van der Waals surface area contributed by atoms with E-state index in [1.807, 2.05) is 170 Å². The van der Waals surface area contributed by atoms with Crippen LogP contribution in [-0.2, 0) is 90.2 Å². The molecule has 0 atom stereocenters. The van der Waals surface area contributed by atoms with Gasteiger partial charge >= 0.3 is 23.9 Å². The van der Waals surface area contributed by atoms with Crippen LogP contribution in [-0.4, -0.2) is 76.7 Å². The summed E-state index contributed by atoms with van der Waals surface area (Å²) in [4.78, 5) is 53.8. The molecule has 1 aliphatic carbocycles. The summed E-state index contributed by atoms with van der Waals surface area (Å²) in [5.41, 5.74) is 8.03. The van der Waals surface area contributed by atoms with Gasteiger partial charge in [0.2, 0.25) is 0 Å². The zero-order chi connectivity index (χ0) is 61.5. The van der Waals surface area contributed by atoms with Crippen molar-refractivity contribution in [2.45, 2.75) is 79.8 Å². The second-order valence-electron chi connectivity index (χ2n) is 20.5. The third-order valence-corrected chi connectivity index (χ3v) is 13.9. The molecule has 0 radical (unpaired) electrons. The number of fused-ring (bicyclic) bond motifs is 8. The molecule has 0 heterocycles. The molecule has 8 aromatic carbocycles. The number of carbonyl (C=O) groups excluding carboxylic acids is 4. The van der Waals surface area contributed by atoms with Crippen LogP contribution >= 0.6 is 0 Å². The van der Waals surface area contributed by atoms with E-state index in [9.17, 15) is 19.2 Å². The van der Waals surface area contributed by atoms with Crippen molar-refractivity contribution in [1.82, 2.24) is 0 Å². The maximum absolute atomic E-state index is 13.5. The number of carbonyl (C=O) groups is 4. The van der Waals surface area contributed by atoms with Gasteiger partial charge < -0.3 is 56.8 Å². The molecule has 88 heavy (non-hydrogen) atoms. The third kappa shape index (κ3) is 18.0. The Morgan fingerprint density at radius 1 is 0.273 bits per heavy atom. The highest BCUT2D eigenvalue weighted by Crippen LogP contribution is 2.44. The molecular weight excluding hydrogens is 1120 g/mol. The van der Waals surface area contributed by atoms with Crippen LogP contribution in [0.4, 0.5) is 0 Å². The fourth-order valence-electron chi connectivity index (χ4n) is 10.1. The zero-order valence-electron chi connectivity index (χ0n) is 50.0. The first kappa shape index (κ1) is 62.6. The van der Waals surface area contributed by atoms with E-state index in [0.717, 1.165) is 22.3 Å². The number of benzene rings is 8. The lowest BCUT2D eigenvalue weighted by Gasteiger charge is -2.24. The molecule has 0 saturated carbocycles. The van der Waals surface area contributed by atoms with Crippen LogP contribution < -0.4 is 37.9 Å². The predicted molar refractivity (Wildman–Crippen MR) is 329 cm³/mol.